The summed E-state index contributed by atoms with van der Waals surface area (Å²) >= 11 is 0. The number of hydrogen-bond acceptors (Lipinski definition) is 2. The SMILES string of the molecule is CCCCCC[SiH](O[SiH3])OC(CC)CCC. The van der Waals surface area contributed by atoms with Crippen LogP contribution in [-0.2, 0) is 8.54 Å². The van der Waals surface area contributed by atoms with Crippen LogP contribution < -0.4 is 0 Å². The van der Waals surface area contributed by atoms with Gasteiger partial charge in [-0.25, -0.2) is 0 Å². The van der Waals surface area contributed by atoms with Crippen LogP contribution in [0.15, 0.2) is 0 Å². The van der Waals surface area contributed by atoms with Crippen LogP contribution in [-0.4, -0.2) is 25.9 Å². The molecule has 0 bridgehead atoms. The van der Waals surface area contributed by atoms with E-state index >= 15 is 0 Å². The van der Waals surface area contributed by atoms with Crippen LogP contribution in [0.1, 0.15) is 65.7 Å². The van der Waals surface area contributed by atoms with Crippen LogP contribution >= 0.6 is 0 Å². The zero-order valence-corrected chi connectivity index (χ0v) is 14.8. The molecular weight excluding hydrogens is 232 g/mol. The Morgan fingerprint density at radius 1 is 1.06 bits per heavy atom. The van der Waals surface area contributed by atoms with E-state index in [0.717, 1.165) is 16.9 Å². The summed E-state index contributed by atoms with van der Waals surface area (Å²) in [5.41, 5.74) is 0. The van der Waals surface area contributed by atoms with Gasteiger partial charge in [-0.1, -0.05) is 52.9 Å². The van der Waals surface area contributed by atoms with E-state index in [1.165, 1.54) is 44.6 Å². The molecule has 0 heterocycles. The number of unbranched alkanes of at least 4 members (excludes halogenated alkanes) is 3. The van der Waals surface area contributed by atoms with Crippen molar-refractivity contribution in [3.63, 3.8) is 0 Å². The molecule has 0 N–H and O–H groups in total. The molecule has 0 amide bonds. The maximum absolute atomic E-state index is 6.12. The van der Waals surface area contributed by atoms with E-state index in [4.69, 9.17) is 8.54 Å². The lowest BCUT2D eigenvalue weighted by atomic mass is 10.2. The maximum Gasteiger partial charge on any atom is 0.310 e. The van der Waals surface area contributed by atoms with Crippen molar-refractivity contribution in [3.05, 3.63) is 0 Å². The summed E-state index contributed by atoms with van der Waals surface area (Å²) in [6.45, 7) is 6.70. The molecule has 16 heavy (non-hydrogen) atoms. The van der Waals surface area contributed by atoms with Crippen molar-refractivity contribution in [1.29, 1.82) is 0 Å². The Balaban J connectivity index is 3.70. The van der Waals surface area contributed by atoms with Crippen LogP contribution in [0, 0.1) is 0 Å². The molecule has 0 aliphatic rings. The first-order chi connectivity index (χ1) is 7.78. The summed E-state index contributed by atoms with van der Waals surface area (Å²) < 4.78 is 11.8. The standard InChI is InChI=1S/C12H30O2Si2/c1-4-7-8-9-11-16(14-15)13-12(6-3)10-5-2/h12,16H,4-11H2,1-3,15H3. The van der Waals surface area contributed by atoms with Crippen molar-refractivity contribution < 1.29 is 8.54 Å². The van der Waals surface area contributed by atoms with Crippen molar-refractivity contribution in [2.75, 3.05) is 0 Å². The van der Waals surface area contributed by atoms with E-state index in [2.05, 4.69) is 20.8 Å². The molecule has 0 spiro atoms. The van der Waals surface area contributed by atoms with Gasteiger partial charge in [0.05, 0.1) is 0 Å². The normalized spacial score (nSPS) is 15.2. The second-order valence-corrected chi connectivity index (χ2v) is 8.06. The van der Waals surface area contributed by atoms with Crippen LogP contribution in [0.4, 0.5) is 0 Å². The van der Waals surface area contributed by atoms with E-state index in [9.17, 15) is 0 Å². The lowest BCUT2D eigenvalue weighted by Crippen LogP contribution is -2.28. The monoisotopic (exact) mass is 262 g/mol. The number of rotatable bonds is 11. The molecule has 0 saturated heterocycles. The highest BCUT2D eigenvalue weighted by Gasteiger charge is 2.15. The molecule has 0 rings (SSSR count). The minimum Gasteiger partial charge on any atom is -0.447 e. The Morgan fingerprint density at radius 3 is 2.31 bits per heavy atom. The van der Waals surface area contributed by atoms with E-state index in [-0.39, 0.29) is 0 Å². The highest BCUT2D eigenvalue weighted by Crippen LogP contribution is 2.13. The smallest absolute Gasteiger partial charge is 0.310 e. The quantitative estimate of drug-likeness (QED) is 0.421. The van der Waals surface area contributed by atoms with E-state index in [0.29, 0.717) is 6.10 Å². The van der Waals surface area contributed by atoms with Crippen LogP contribution in [0.3, 0.4) is 0 Å². The van der Waals surface area contributed by atoms with Crippen molar-refractivity contribution in [3.8, 4) is 0 Å². The highest BCUT2D eigenvalue weighted by molar-refractivity contribution is 6.48. The maximum atomic E-state index is 6.12. The summed E-state index contributed by atoms with van der Waals surface area (Å²) in [6, 6.07) is 1.21. The molecule has 2 atom stereocenters. The van der Waals surface area contributed by atoms with Gasteiger partial charge in [0.15, 0.2) is 0 Å². The average molecular weight is 263 g/mol. The minimum atomic E-state index is -1.30. The van der Waals surface area contributed by atoms with E-state index in [1.54, 1.807) is 0 Å². The Labute approximate surface area is 106 Å². The van der Waals surface area contributed by atoms with Crippen LogP contribution in [0.25, 0.3) is 0 Å². The molecule has 0 fully saturated rings. The third-order valence-corrected chi connectivity index (χ3v) is 6.64. The lowest BCUT2D eigenvalue weighted by molar-refractivity contribution is 0.157. The van der Waals surface area contributed by atoms with Crippen molar-refractivity contribution in [1.82, 2.24) is 0 Å². The topological polar surface area (TPSA) is 18.5 Å². The molecule has 0 aromatic carbocycles. The van der Waals surface area contributed by atoms with Gasteiger partial charge in [0.25, 0.3) is 0 Å². The molecule has 0 aromatic rings. The zero-order valence-electron chi connectivity index (χ0n) is 11.6. The van der Waals surface area contributed by atoms with E-state index in [1.807, 2.05) is 0 Å². The predicted octanol–water partition coefficient (Wildman–Crippen LogP) is 2.68. The van der Waals surface area contributed by atoms with Gasteiger partial charge in [-0.3, -0.25) is 0 Å². The van der Waals surface area contributed by atoms with Gasteiger partial charge in [-0.15, -0.1) is 0 Å². The molecule has 98 valence electrons. The third-order valence-electron chi connectivity index (χ3n) is 2.97. The summed E-state index contributed by atoms with van der Waals surface area (Å²) in [6.07, 6.45) is 9.32. The van der Waals surface area contributed by atoms with Crippen molar-refractivity contribution >= 4 is 19.8 Å². The summed E-state index contributed by atoms with van der Waals surface area (Å²) in [4.78, 5) is 0. The fourth-order valence-corrected chi connectivity index (χ4v) is 4.79. The fraction of sp³-hybridized carbons (Fsp3) is 1.00. The first-order valence-electron chi connectivity index (χ1n) is 6.96. The Bertz CT molecular complexity index is 145. The Morgan fingerprint density at radius 2 is 1.81 bits per heavy atom. The summed E-state index contributed by atoms with van der Waals surface area (Å²) in [5.74, 6) is 0. The highest BCUT2D eigenvalue weighted by atomic mass is 28.3. The van der Waals surface area contributed by atoms with Gasteiger partial charge in [0, 0.05) is 6.10 Å². The van der Waals surface area contributed by atoms with Gasteiger partial charge < -0.3 is 8.54 Å². The average Bonchev–Trinajstić information content (AvgIpc) is 2.31. The first-order valence-corrected chi connectivity index (χ1v) is 9.54. The molecule has 2 unspecified atom stereocenters. The fourth-order valence-electron chi connectivity index (χ4n) is 1.88. The minimum absolute atomic E-state index is 0.460. The van der Waals surface area contributed by atoms with E-state index < -0.39 is 9.28 Å². The first kappa shape index (κ1) is 16.4. The Kier molecular flexibility index (Phi) is 12.1. The van der Waals surface area contributed by atoms with Gasteiger partial charge in [0.2, 0.25) is 0 Å². The van der Waals surface area contributed by atoms with Gasteiger partial charge in [0.1, 0.15) is 10.5 Å². The van der Waals surface area contributed by atoms with Crippen LogP contribution in [0.2, 0.25) is 6.04 Å². The second kappa shape index (κ2) is 11.8. The molecule has 2 nitrogen and oxygen atoms in total. The summed E-state index contributed by atoms with van der Waals surface area (Å²) in [7, 11) is -0.461. The predicted molar refractivity (Wildman–Crippen MR) is 77.2 cm³/mol. The van der Waals surface area contributed by atoms with Gasteiger partial charge in [-0.05, 0) is 18.9 Å². The van der Waals surface area contributed by atoms with Crippen molar-refractivity contribution in [2.24, 2.45) is 0 Å². The molecule has 0 aliphatic carbocycles. The second-order valence-electron chi connectivity index (χ2n) is 4.47. The lowest BCUT2D eigenvalue weighted by Gasteiger charge is -2.22. The van der Waals surface area contributed by atoms with Crippen molar-refractivity contribution in [2.45, 2.75) is 77.9 Å². The largest absolute Gasteiger partial charge is 0.447 e. The zero-order chi connectivity index (χ0) is 12.2. The molecule has 4 heteroatoms. The summed E-state index contributed by atoms with van der Waals surface area (Å²) in [5, 5.41) is 0. The van der Waals surface area contributed by atoms with Crippen LogP contribution in [0.5, 0.6) is 0 Å². The van der Waals surface area contributed by atoms with Gasteiger partial charge >= 0.3 is 9.28 Å². The Hall–Kier alpha value is 0.354. The molecule has 0 saturated carbocycles. The third kappa shape index (κ3) is 8.50. The molecular formula is C12H30O2Si2. The number of hydrogen-bond donors (Lipinski definition) is 0. The molecule has 0 aliphatic heterocycles. The van der Waals surface area contributed by atoms with Gasteiger partial charge in [-0.2, -0.15) is 0 Å². The molecule has 0 radical (unpaired) electrons. The molecule has 0 aromatic heterocycles.